The Hall–Kier alpha value is -0.0800. The SMILES string of the molecule is CCNC(C)C1CCCCN1C1CCCC(C)C1. The number of nitrogens with one attached hydrogen (secondary N) is 1. The van der Waals surface area contributed by atoms with E-state index in [0.717, 1.165) is 24.5 Å². The van der Waals surface area contributed by atoms with Crippen LogP contribution in [0.25, 0.3) is 0 Å². The largest absolute Gasteiger partial charge is 0.313 e. The van der Waals surface area contributed by atoms with Gasteiger partial charge in [-0.2, -0.15) is 0 Å². The number of piperidine rings is 1. The Morgan fingerprint density at radius 2 is 2.00 bits per heavy atom. The standard InChI is InChI=1S/C16H32N2/c1-4-17-14(3)16-10-5-6-11-18(16)15-9-7-8-13(2)12-15/h13-17H,4-12H2,1-3H3. The highest BCUT2D eigenvalue weighted by Gasteiger charge is 2.33. The summed E-state index contributed by atoms with van der Waals surface area (Å²) in [5.41, 5.74) is 0. The molecule has 1 aliphatic carbocycles. The van der Waals surface area contributed by atoms with Crippen molar-refractivity contribution in [2.24, 2.45) is 5.92 Å². The molecule has 2 nitrogen and oxygen atoms in total. The van der Waals surface area contributed by atoms with Crippen molar-refractivity contribution in [2.45, 2.75) is 83.8 Å². The molecule has 4 atom stereocenters. The maximum atomic E-state index is 3.65. The maximum absolute atomic E-state index is 3.65. The van der Waals surface area contributed by atoms with Gasteiger partial charge in [-0.15, -0.1) is 0 Å². The topological polar surface area (TPSA) is 15.3 Å². The third kappa shape index (κ3) is 3.48. The molecule has 1 saturated heterocycles. The number of hydrogen-bond donors (Lipinski definition) is 1. The van der Waals surface area contributed by atoms with E-state index in [2.05, 4.69) is 31.0 Å². The van der Waals surface area contributed by atoms with Gasteiger partial charge >= 0.3 is 0 Å². The predicted molar refractivity (Wildman–Crippen MR) is 78.9 cm³/mol. The molecule has 0 aromatic heterocycles. The molecule has 1 heterocycles. The van der Waals surface area contributed by atoms with E-state index in [1.54, 1.807) is 0 Å². The number of rotatable bonds is 4. The van der Waals surface area contributed by atoms with Crippen molar-refractivity contribution in [1.82, 2.24) is 10.2 Å². The minimum absolute atomic E-state index is 0.660. The third-order valence-electron chi connectivity index (χ3n) is 5.07. The molecule has 0 radical (unpaired) electrons. The average molecular weight is 252 g/mol. The van der Waals surface area contributed by atoms with Crippen LogP contribution in [0.5, 0.6) is 0 Å². The molecule has 0 aromatic rings. The van der Waals surface area contributed by atoms with E-state index in [4.69, 9.17) is 0 Å². The normalized spacial score (nSPS) is 36.5. The van der Waals surface area contributed by atoms with Crippen LogP contribution >= 0.6 is 0 Å². The smallest absolute Gasteiger partial charge is 0.0249 e. The Bertz CT molecular complexity index is 241. The molecule has 1 N–H and O–H groups in total. The Morgan fingerprint density at radius 3 is 2.72 bits per heavy atom. The number of hydrogen-bond acceptors (Lipinski definition) is 2. The van der Waals surface area contributed by atoms with Gasteiger partial charge in [0.05, 0.1) is 0 Å². The summed E-state index contributed by atoms with van der Waals surface area (Å²) in [5.74, 6) is 0.945. The Balaban J connectivity index is 1.97. The van der Waals surface area contributed by atoms with Crippen LogP contribution in [0.2, 0.25) is 0 Å². The summed E-state index contributed by atoms with van der Waals surface area (Å²) in [4.78, 5) is 2.87. The second-order valence-corrected chi connectivity index (χ2v) is 6.57. The van der Waals surface area contributed by atoms with Crippen LogP contribution < -0.4 is 5.32 Å². The van der Waals surface area contributed by atoms with Gasteiger partial charge in [-0.05, 0) is 51.6 Å². The fraction of sp³-hybridized carbons (Fsp3) is 1.00. The lowest BCUT2D eigenvalue weighted by molar-refractivity contribution is 0.0447. The van der Waals surface area contributed by atoms with Gasteiger partial charge in [-0.25, -0.2) is 0 Å². The highest BCUT2D eigenvalue weighted by molar-refractivity contribution is 4.90. The molecule has 18 heavy (non-hydrogen) atoms. The molecule has 0 bridgehead atoms. The van der Waals surface area contributed by atoms with E-state index >= 15 is 0 Å². The van der Waals surface area contributed by atoms with Gasteiger partial charge in [0.1, 0.15) is 0 Å². The van der Waals surface area contributed by atoms with E-state index in [-0.39, 0.29) is 0 Å². The first-order valence-electron chi connectivity index (χ1n) is 8.21. The first kappa shape index (κ1) is 14.3. The lowest BCUT2D eigenvalue weighted by atomic mass is 9.83. The number of nitrogens with zero attached hydrogens (tertiary/aromatic N) is 1. The van der Waals surface area contributed by atoms with E-state index in [1.807, 2.05) is 0 Å². The van der Waals surface area contributed by atoms with Crippen molar-refractivity contribution < 1.29 is 0 Å². The van der Waals surface area contributed by atoms with Crippen molar-refractivity contribution in [3.8, 4) is 0 Å². The van der Waals surface area contributed by atoms with Gasteiger partial charge in [0, 0.05) is 18.1 Å². The van der Waals surface area contributed by atoms with Crippen molar-refractivity contribution in [3.63, 3.8) is 0 Å². The van der Waals surface area contributed by atoms with E-state index in [0.29, 0.717) is 6.04 Å². The lowest BCUT2D eigenvalue weighted by Crippen LogP contribution is -2.55. The summed E-state index contributed by atoms with van der Waals surface area (Å²) in [5, 5.41) is 3.65. The molecule has 2 aliphatic rings. The van der Waals surface area contributed by atoms with Crippen LogP contribution in [-0.4, -0.2) is 36.1 Å². The minimum Gasteiger partial charge on any atom is -0.313 e. The van der Waals surface area contributed by atoms with Crippen LogP contribution in [-0.2, 0) is 0 Å². The summed E-state index contributed by atoms with van der Waals surface area (Å²) < 4.78 is 0. The second-order valence-electron chi connectivity index (χ2n) is 6.57. The van der Waals surface area contributed by atoms with Crippen molar-refractivity contribution in [2.75, 3.05) is 13.1 Å². The quantitative estimate of drug-likeness (QED) is 0.825. The van der Waals surface area contributed by atoms with E-state index in [1.165, 1.54) is 51.5 Å². The fourth-order valence-electron chi connectivity index (χ4n) is 4.13. The first-order chi connectivity index (χ1) is 8.72. The molecule has 2 rings (SSSR count). The molecular weight excluding hydrogens is 220 g/mol. The number of likely N-dealkylation sites (tertiary alicyclic amines) is 1. The van der Waals surface area contributed by atoms with Gasteiger partial charge in [0.25, 0.3) is 0 Å². The second kappa shape index (κ2) is 6.91. The summed E-state index contributed by atoms with van der Waals surface area (Å²) >= 11 is 0. The Morgan fingerprint density at radius 1 is 1.17 bits per heavy atom. The molecule has 106 valence electrons. The van der Waals surface area contributed by atoms with Crippen LogP contribution in [0.15, 0.2) is 0 Å². The number of likely N-dealkylation sites (N-methyl/N-ethyl adjacent to an activating group) is 1. The highest BCUT2D eigenvalue weighted by Crippen LogP contribution is 2.32. The van der Waals surface area contributed by atoms with Crippen molar-refractivity contribution >= 4 is 0 Å². The van der Waals surface area contributed by atoms with Gasteiger partial charge < -0.3 is 5.32 Å². The minimum atomic E-state index is 0.660. The maximum Gasteiger partial charge on any atom is 0.0249 e. The van der Waals surface area contributed by atoms with Crippen LogP contribution in [0.1, 0.15) is 65.7 Å². The average Bonchev–Trinajstić information content (AvgIpc) is 2.39. The van der Waals surface area contributed by atoms with E-state index < -0.39 is 0 Å². The Kier molecular flexibility index (Phi) is 5.50. The first-order valence-corrected chi connectivity index (χ1v) is 8.21. The molecule has 0 aromatic carbocycles. The molecule has 1 aliphatic heterocycles. The van der Waals surface area contributed by atoms with Crippen LogP contribution in [0.4, 0.5) is 0 Å². The summed E-state index contributed by atoms with van der Waals surface area (Å²) in [7, 11) is 0. The van der Waals surface area contributed by atoms with Crippen LogP contribution in [0.3, 0.4) is 0 Å². The van der Waals surface area contributed by atoms with Gasteiger partial charge in [0.15, 0.2) is 0 Å². The fourth-order valence-corrected chi connectivity index (χ4v) is 4.13. The monoisotopic (exact) mass is 252 g/mol. The Labute approximate surface area is 114 Å². The molecular formula is C16H32N2. The van der Waals surface area contributed by atoms with Gasteiger partial charge in [-0.1, -0.05) is 33.1 Å². The molecule has 0 amide bonds. The molecule has 2 fully saturated rings. The van der Waals surface area contributed by atoms with Crippen LogP contribution in [0, 0.1) is 5.92 Å². The molecule has 0 spiro atoms. The molecule has 2 heteroatoms. The zero-order valence-electron chi connectivity index (χ0n) is 12.6. The van der Waals surface area contributed by atoms with Crippen molar-refractivity contribution in [1.29, 1.82) is 0 Å². The summed E-state index contributed by atoms with van der Waals surface area (Å²) in [6, 6.07) is 2.32. The third-order valence-corrected chi connectivity index (χ3v) is 5.07. The summed E-state index contributed by atoms with van der Waals surface area (Å²) in [6.07, 6.45) is 10.0. The van der Waals surface area contributed by atoms with Gasteiger partial charge in [0.2, 0.25) is 0 Å². The predicted octanol–water partition coefficient (Wildman–Crippen LogP) is 3.42. The van der Waals surface area contributed by atoms with E-state index in [9.17, 15) is 0 Å². The zero-order chi connectivity index (χ0) is 13.0. The summed E-state index contributed by atoms with van der Waals surface area (Å²) in [6.45, 7) is 9.51. The van der Waals surface area contributed by atoms with Crippen molar-refractivity contribution in [3.05, 3.63) is 0 Å². The molecule has 1 saturated carbocycles. The highest BCUT2D eigenvalue weighted by atomic mass is 15.2. The lowest BCUT2D eigenvalue weighted by Gasteiger charge is -2.46. The molecule has 4 unspecified atom stereocenters. The van der Waals surface area contributed by atoms with Gasteiger partial charge in [-0.3, -0.25) is 4.90 Å². The zero-order valence-corrected chi connectivity index (χ0v) is 12.6.